The lowest BCUT2D eigenvalue weighted by atomic mass is 10.3. The summed E-state index contributed by atoms with van der Waals surface area (Å²) < 4.78 is 13.0. The molecular weight excluding hydrogens is 171 g/mol. The van der Waals surface area contributed by atoms with Crippen LogP contribution in [0, 0.1) is 5.82 Å². The Morgan fingerprint density at radius 3 is 2.75 bits per heavy atom. The maximum atomic E-state index is 13.0. The number of hydrogen-bond donors (Lipinski definition) is 0. The van der Waals surface area contributed by atoms with E-state index in [0.29, 0.717) is 0 Å². The molecule has 0 unspecified atom stereocenters. The van der Waals surface area contributed by atoms with E-state index < -0.39 is 0 Å². The number of thioether (sulfide) groups is 1. The zero-order chi connectivity index (χ0) is 8.81. The fourth-order valence-corrected chi connectivity index (χ4v) is 1.92. The van der Waals surface area contributed by atoms with Crippen molar-refractivity contribution in [1.29, 1.82) is 0 Å². The second-order valence-electron chi connectivity index (χ2n) is 2.63. The highest BCUT2D eigenvalue weighted by Crippen LogP contribution is 2.21. The molecule has 1 rings (SSSR count). The van der Waals surface area contributed by atoms with E-state index in [0.717, 1.165) is 17.1 Å². The van der Waals surface area contributed by atoms with Crippen molar-refractivity contribution in [3.05, 3.63) is 30.1 Å². The van der Waals surface area contributed by atoms with Gasteiger partial charge in [0.05, 0.1) is 0 Å². The molecule has 2 heteroatoms. The van der Waals surface area contributed by atoms with Gasteiger partial charge in [-0.15, -0.1) is 11.8 Å². The summed E-state index contributed by atoms with van der Waals surface area (Å²) in [5, 5.41) is 0. The average Bonchev–Trinajstić information content (AvgIpc) is 2.09. The molecular formula is C10H13FS. The SMILES string of the molecule is CCCCSc1ccccc1F. The molecule has 12 heavy (non-hydrogen) atoms. The monoisotopic (exact) mass is 184 g/mol. The van der Waals surface area contributed by atoms with Crippen LogP contribution in [0.15, 0.2) is 29.2 Å². The molecule has 0 aromatic heterocycles. The maximum Gasteiger partial charge on any atom is 0.136 e. The topological polar surface area (TPSA) is 0 Å². The van der Waals surface area contributed by atoms with E-state index in [2.05, 4.69) is 6.92 Å². The molecule has 0 amide bonds. The van der Waals surface area contributed by atoms with Crippen LogP contribution in [0.3, 0.4) is 0 Å². The first kappa shape index (κ1) is 9.59. The summed E-state index contributed by atoms with van der Waals surface area (Å²) in [6.07, 6.45) is 2.32. The van der Waals surface area contributed by atoms with Gasteiger partial charge in [-0.2, -0.15) is 0 Å². The van der Waals surface area contributed by atoms with Crippen LogP contribution in [0.2, 0.25) is 0 Å². The summed E-state index contributed by atoms with van der Waals surface area (Å²) in [6.45, 7) is 2.14. The molecule has 1 aromatic carbocycles. The zero-order valence-electron chi connectivity index (χ0n) is 7.22. The molecule has 0 radical (unpaired) electrons. The quantitative estimate of drug-likeness (QED) is 0.507. The van der Waals surface area contributed by atoms with Gasteiger partial charge in [-0.1, -0.05) is 25.5 Å². The second-order valence-corrected chi connectivity index (χ2v) is 3.77. The predicted molar refractivity (Wildman–Crippen MR) is 52.0 cm³/mol. The van der Waals surface area contributed by atoms with Gasteiger partial charge in [0.15, 0.2) is 0 Å². The number of benzene rings is 1. The molecule has 0 saturated carbocycles. The first-order chi connectivity index (χ1) is 5.84. The van der Waals surface area contributed by atoms with Crippen molar-refractivity contribution in [2.45, 2.75) is 24.7 Å². The van der Waals surface area contributed by atoms with Gasteiger partial charge in [0.25, 0.3) is 0 Å². The molecule has 0 nitrogen and oxygen atoms in total. The van der Waals surface area contributed by atoms with Crippen molar-refractivity contribution in [3.8, 4) is 0 Å². The Morgan fingerprint density at radius 2 is 2.08 bits per heavy atom. The van der Waals surface area contributed by atoms with Crippen molar-refractivity contribution in [3.63, 3.8) is 0 Å². The van der Waals surface area contributed by atoms with Gasteiger partial charge in [-0.25, -0.2) is 4.39 Å². The molecule has 0 aliphatic heterocycles. The van der Waals surface area contributed by atoms with Crippen LogP contribution in [0.1, 0.15) is 19.8 Å². The average molecular weight is 184 g/mol. The van der Waals surface area contributed by atoms with Gasteiger partial charge in [-0.3, -0.25) is 0 Å². The predicted octanol–water partition coefficient (Wildman–Crippen LogP) is 3.72. The zero-order valence-corrected chi connectivity index (χ0v) is 8.03. The van der Waals surface area contributed by atoms with Crippen LogP contribution >= 0.6 is 11.8 Å². The smallest absolute Gasteiger partial charge is 0.136 e. The minimum Gasteiger partial charge on any atom is -0.206 e. The molecule has 0 spiro atoms. The van der Waals surface area contributed by atoms with Gasteiger partial charge in [0.1, 0.15) is 5.82 Å². The first-order valence-corrected chi connectivity index (χ1v) is 5.20. The minimum absolute atomic E-state index is 0.0985. The van der Waals surface area contributed by atoms with Gasteiger partial charge >= 0.3 is 0 Å². The lowest BCUT2D eigenvalue weighted by Gasteiger charge is -2.00. The molecule has 0 saturated heterocycles. The minimum atomic E-state index is -0.0985. The van der Waals surface area contributed by atoms with Crippen molar-refractivity contribution < 1.29 is 4.39 Å². The fraction of sp³-hybridized carbons (Fsp3) is 0.400. The Morgan fingerprint density at radius 1 is 1.33 bits per heavy atom. The van der Waals surface area contributed by atoms with E-state index in [1.807, 2.05) is 12.1 Å². The summed E-state index contributed by atoms with van der Waals surface area (Å²) in [5.41, 5.74) is 0. The third-order valence-corrected chi connectivity index (χ3v) is 2.73. The lowest BCUT2D eigenvalue weighted by Crippen LogP contribution is -1.82. The molecule has 1 aromatic rings. The van der Waals surface area contributed by atoms with E-state index in [1.165, 1.54) is 12.5 Å². The summed E-state index contributed by atoms with van der Waals surface area (Å²) in [5.74, 6) is 0.913. The Balaban J connectivity index is 2.46. The highest BCUT2D eigenvalue weighted by molar-refractivity contribution is 7.99. The van der Waals surface area contributed by atoms with Crippen LogP contribution in [-0.2, 0) is 0 Å². The summed E-state index contributed by atoms with van der Waals surface area (Å²) in [6, 6.07) is 6.93. The Labute approximate surface area is 77.2 Å². The largest absolute Gasteiger partial charge is 0.206 e. The van der Waals surface area contributed by atoms with Crippen molar-refractivity contribution >= 4 is 11.8 Å². The third-order valence-electron chi connectivity index (χ3n) is 1.59. The van der Waals surface area contributed by atoms with Crippen LogP contribution in [0.5, 0.6) is 0 Å². The fourth-order valence-electron chi connectivity index (χ4n) is 0.888. The normalized spacial score (nSPS) is 10.2. The molecule has 0 bridgehead atoms. The highest BCUT2D eigenvalue weighted by Gasteiger charge is 1.99. The molecule has 66 valence electrons. The Kier molecular flexibility index (Phi) is 4.15. The number of hydrogen-bond acceptors (Lipinski definition) is 1. The third kappa shape index (κ3) is 2.86. The summed E-state index contributed by atoms with van der Waals surface area (Å²) >= 11 is 1.60. The van der Waals surface area contributed by atoms with Gasteiger partial charge in [0.2, 0.25) is 0 Å². The van der Waals surface area contributed by atoms with Crippen LogP contribution in [-0.4, -0.2) is 5.75 Å². The van der Waals surface area contributed by atoms with E-state index in [9.17, 15) is 4.39 Å². The van der Waals surface area contributed by atoms with Crippen molar-refractivity contribution in [2.24, 2.45) is 0 Å². The first-order valence-electron chi connectivity index (χ1n) is 4.22. The molecule has 0 atom stereocenters. The van der Waals surface area contributed by atoms with E-state index >= 15 is 0 Å². The maximum absolute atomic E-state index is 13.0. The molecule has 0 fully saturated rings. The van der Waals surface area contributed by atoms with Crippen LogP contribution < -0.4 is 0 Å². The van der Waals surface area contributed by atoms with Crippen LogP contribution in [0.25, 0.3) is 0 Å². The van der Waals surface area contributed by atoms with Gasteiger partial charge in [-0.05, 0) is 24.3 Å². The molecule has 0 heterocycles. The number of halogens is 1. The van der Waals surface area contributed by atoms with E-state index in [4.69, 9.17) is 0 Å². The van der Waals surface area contributed by atoms with Gasteiger partial charge < -0.3 is 0 Å². The van der Waals surface area contributed by atoms with E-state index in [-0.39, 0.29) is 5.82 Å². The molecule has 0 N–H and O–H groups in total. The number of unbranched alkanes of at least 4 members (excludes halogenated alkanes) is 1. The highest BCUT2D eigenvalue weighted by atomic mass is 32.2. The summed E-state index contributed by atoms with van der Waals surface area (Å²) in [4.78, 5) is 0.769. The number of rotatable bonds is 4. The Hall–Kier alpha value is -0.500. The molecule has 0 aliphatic rings. The van der Waals surface area contributed by atoms with Crippen molar-refractivity contribution in [1.82, 2.24) is 0 Å². The lowest BCUT2D eigenvalue weighted by molar-refractivity contribution is 0.602. The van der Waals surface area contributed by atoms with Crippen molar-refractivity contribution in [2.75, 3.05) is 5.75 Å². The Bertz CT molecular complexity index is 235. The second kappa shape index (κ2) is 5.20. The van der Waals surface area contributed by atoms with E-state index in [1.54, 1.807) is 17.8 Å². The molecule has 0 aliphatic carbocycles. The standard InChI is InChI=1S/C10H13FS/c1-2-3-8-12-10-7-5-4-6-9(10)11/h4-7H,2-3,8H2,1H3. The van der Waals surface area contributed by atoms with Gasteiger partial charge in [0, 0.05) is 4.90 Å². The summed E-state index contributed by atoms with van der Waals surface area (Å²) in [7, 11) is 0. The van der Waals surface area contributed by atoms with Crippen LogP contribution in [0.4, 0.5) is 4.39 Å².